The van der Waals surface area contributed by atoms with Gasteiger partial charge in [0.15, 0.2) is 5.96 Å². The zero-order chi connectivity index (χ0) is 19.0. The van der Waals surface area contributed by atoms with Gasteiger partial charge in [-0.2, -0.15) is 13.2 Å². The standard InChI is InChI=1S/C19H22F3N3O.HI/c1-23-18(25-12-15-4-3-5-16(10-15)13-26-2)24-11-14-6-8-17(9-7-14)19(20,21)22;/h3-10H,11-13H2,1-2H3,(H2,23,24,25);1H. The Labute approximate surface area is 174 Å². The lowest BCUT2D eigenvalue weighted by Gasteiger charge is -2.13. The lowest BCUT2D eigenvalue weighted by Crippen LogP contribution is -2.36. The molecular formula is C19H23F3IN3O. The number of halogens is 4. The number of benzene rings is 2. The molecule has 0 atom stereocenters. The first-order valence-electron chi connectivity index (χ1n) is 8.10. The number of aliphatic imine (C=N–C) groups is 1. The monoisotopic (exact) mass is 493 g/mol. The van der Waals surface area contributed by atoms with Crippen LogP contribution in [0, 0.1) is 0 Å². The second-order valence-corrected chi connectivity index (χ2v) is 5.73. The Balaban J connectivity index is 0.00000364. The van der Waals surface area contributed by atoms with E-state index in [1.54, 1.807) is 14.2 Å². The van der Waals surface area contributed by atoms with E-state index in [1.807, 2.05) is 24.3 Å². The Bertz CT molecular complexity index is 734. The Morgan fingerprint density at radius 1 is 0.963 bits per heavy atom. The summed E-state index contributed by atoms with van der Waals surface area (Å²) in [6.07, 6.45) is -4.32. The van der Waals surface area contributed by atoms with E-state index >= 15 is 0 Å². The zero-order valence-corrected chi connectivity index (χ0v) is 17.5. The van der Waals surface area contributed by atoms with Crippen molar-refractivity contribution < 1.29 is 17.9 Å². The number of hydrogen-bond acceptors (Lipinski definition) is 2. The number of nitrogens with zero attached hydrogens (tertiary/aromatic N) is 1. The quantitative estimate of drug-likeness (QED) is 0.358. The van der Waals surface area contributed by atoms with Gasteiger partial charge in [-0.15, -0.1) is 24.0 Å². The van der Waals surface area contributed by atoms with Gasteiger partial charge in [0, 0.05) is 27.2 Å². The molecule has 0 aliphatic heterocycles. The Kier molecular flexibility index (Phi) is 9.57. The van der Waals surface area contributed by atoms with Gasteiger partial charge in [0.25, 0.3) is 0 Å². The van der Waals surface area contributed by atoms with Crippen molar-refractivity contribution in [2.45, 2.75) is 25.9 Å². The predicted octanol–water partition coefficient (Wildman–Crippen LogP) is 4.34. The average molecular weight is 493 g/mol. The molecule has 0 radical (unpaired) electrons. The number of rotatable bonds is 6. The molecule has 0 fully saturated rings. The average Bonchev–Trinajstić information content (AvgIpc) is 2.62. The molecular weight excluding hydrogens is 470 g/mol. The molecule has 2 rings (SSSR count). The number of hydrogen-bond donors (Lipinski definition) is 2. The van der Waals surface area contributed by atoms with Crippen molar-refractivity contribution >= 4 is 29.9 Å². The fourth-order valence-corrected chi connectivity index (χ4v) is 2.40. The topological polar surface area (TPSA) is 45.7 Å². The van der Waals surface area contributed by atoms with Crippen molar-refractivity contribution in [2.24, 2.45) is 4.99 Å². The van der Waals surface area contributed by atoms with Crippen LogP contribution in [0.3, 0.4) is 0 Å². The highest BCUT2D eigenvalue weighted by atomic mass is 127. The fraction of sp³-hybridized carbons (Fsp3) is 0.316. The van der Waals surface area contributed by atoms with E-state index in [-0.39, 0.29) is 24.0 Å². The third kappa shape index (κ3) is 7.76. The molecule has 0 amide bonds. The van der Waals surface area contributed by atoms with Gasteiger partial charge in [0.2, 0.25) is 0 Å². The largest absolute Gasteiger partial charge is 0.416 e. The van der Waals surface area contributed by atoms with Crippen LogP contribution >= 0.6 is 24.0 Å². The first kappa shape index (κ1) is 23.2. The van der Waals surface area contributed by atoms with Crippen LogP contribution in [0.25, 0.3) is 0 Å². The maximum absolute atomic E-state index is 12.6. The molecule has 8 heteroatoms. The van der Waals surface area contributed by atoms with Crippen LogP contribution in [0.15, 0.2) is 53.5 Å². The molecule has 0 heterocycles. The molecule has 0 aromatic heterocycles. The Hall–Kier alpha value is -1.81. The van der Waals surface area contributed by atoms with Gasteiger partial charge in [-0.1, -0.05) is 36.4 Å². The molecule has 27 heavy (non-hydrogen) atoms. The van der Waals surface area contributed by atoms with Gasteiger partial charge < -0.3 is 15.4 Å². The van der Waals surface area contributed by atoms with E-state index in [9.17, 15) is 13.2 Å². The molecule has 0 saturated carbocycles. The molecule has 0 aliphatic carbocycles. The molecule has 2 N–H and O–H groups in total. The van der Waals surface area contributed by atoms with Crippen LogP contribution in [0.4, 0.5) is 13.2 Å². The van der Waals surface area contributed by atoms with E-state index in [4.69, 9.17) is 4.74 Å². The van der Waals surface area contributed by atoms with Crippen molar-refractivity contribution in [3.05, 3.63) is 70.8 Å². The Morgan fingerprint density at radius 3 is 2.11 bits per heavy atom. The minimum atomic E-state index is -4.32. The molecule has 0 unspecified atom stereocenters. The maximum Gasteiger partial charge on any atom is 0.416 e. The van der Waals surface area contributed by atoms with Gasteiger partial charge in [0.05, 0.1) is 12.2 Å². The highest BCUT2D eigenvalue weighted by molar-refractivity contribution is 14.0. The Morgan fingerprint density at radius 2 is 1.56 bits per heavy atom. The highest BCUT2D eigenvalue weighted by Crippen LogP contribution is 2.29. The van der Waals surface area contributed by atoms with Crippen LogP contribution in [-0.4, -0.2) is 20.1 Å². The number of methoxy groups -OCH3 is 1. The van der Waals surface area contributed by atoms with Crippen LogP contribution in [0.1, 0.15) is 22.3 Å². The van der Waals surface area contributed by atoms with E-state index in [1.165, 1.54) is 12.1 Å². The van der Waals surface area contributed by atoms with Crippen molar-refractivity contribution in [3.8, 4) is 0 Å². The van der Waals surface area contributed by atoms with Crippen molar-refractivity contribution in [2.75, 3.05) is 14.2 Å². The molecule has 2 aromatic carbocycles. The van der Waals surface area contributed by atoms with Crippen molar-refractivity contribution in [1.29, 1.82) is 0 Å². The van der Waals surface area contributed by atoms with Crippen LogP contribution in [0.5, 0.6) is 0 Å². The number of guanidine groups is 1. The SMILES string of the molecule is CN=C(NCc1ccc(C(F)(F)F)cc1)NCc1cccc(COC)c1.I. The smallest absolute Gasteiger partial charge is 0.380 e. The van der Waals surface area contributed by atoms with Crippen molar-refractivity contribution in [1.82, 2.24) is 10.6 Å². The summed E-state index contributed by atoms with van der Waals surface area (Å²) in [5.74, 6) is 0.571. The normalized spacial score (nSPS) is 11.7. The summed E-state index contributed by atoms with van der Waals surface area (Å²) in [4.78, 5) is 4.12. The summed E-state index contributed by atoms with van der Waals surface area (Å²) >= 11 is 0. The first-order chi connectivity index (χ1) is 12.4. The molecule has 0 aliphatic rings. The molecule has 2 aromatic rings. The maximum atomic E-state index is 12.6. The van der Waals surface area contributed by atoms with E-state index in [2.05, 4.69) is 15.6 Å². The highest BCUT2D eigenvalue weighted by Gasteiger charge is 2.29. The summed E-state index contributed by atoms with van der Waals surface area (Å²) < 4.78 is 42.8. The third-order valence-corrected chi connectivity index (χ3v) is 3.73. The summed E-state index contributed by atoms with van der Waals surface area (Å²) in [5.41, 5.74) is 2.25. The lowest BCUT2D eigenvalue weighted by atomic mass is 10.1. The summed E-state index contributed by atoms with van der Waals surface area (Å²) in [6.45, 7) is 1.50. The van der Waals surface area contributed by atoms with E-state index in [0.29, 0.717) is 25.7 Å². The predicted molar refractivity (Wildman–Crippen MR) is 111 cm³/mol. The zero-order valence-electron chi connectivity index (χ0n) is 15.1. The summed E-state index contributed by atoms with van der Waals surface area (Å²) in [5, 5.41) is 6.27. The van der Waals surface area contributed by atoms with Crippen LogP contribution in [-0.2, 0) is 30.6 Å². The molecule has 0 bridgehead atoms. The van der Waals surface area contributed by atoms with Gasteiger partial charge in [-0.05, 0) is 28.8 Å². The molecule has 0 spiro atoms. The van der Waals surface area contributed by atoms with Crippen LogP contribution in [0.2, 0.25) is 0 Å². The molecule has 4 nitrogen and oxygen atoms in total. The van der Waals surface area contributed by atoms with Crippen molar-refractivity contribution in [3.63, 3.8) is 0 Å². The number of alkyl halides is 3. The molecule has 0 saturated heterocycles. The van der Waals surface area contributed by atoms with E-state index in [0.717, 1.165) is 28.8 Å². The third-order valence-electron chi connectivity index (χ3n) is 3.73. The van der Waals surface area contributed by atoms with Gasteiger partial charge in [-0.25, -0.2) is 0 Å². The van der Waals surface area contributed by atoms with Gasteiger partial charge >= 0.3 is 6.18 Å². The van der Waals surface area contributed by atoms with E-state index < -0.39 is 11.7 Å². The number of nitrogens with one attached hydrogen (secondary N) is 2. The van der Waals surface area contributed by atoms with Crippen LogP contribution < -0.4 is 10.6 Å². The minimum absolute atomic E-state index is 0. The summed E-state index contributed by atoms with van der Waals surface area (Å²) in [7, 11) is 3.29. The van der Waals surface area contributed by atoms with Gasteiger partial charge in [0.1, 0.15) is 0 Å². The van der Waals surface area contributed by atoms with Gasteiger partial charge in [-0.3, -0.25) is 4.99 Å². The molecule has 148 valence electrons. The first-order valence-corrected chi connectivity index (χ1v) is 8.10. The fourth-order valence-electron chi connectivity index (χ4n) is 2.40. The second kappa shape index (κ2) is 11.1. The second-order valence-electron chi connectivity index (χ2n) is 5.73. The lowest BCUT2D eigenvalue weighted by molar-refractivity contribution is -0.137. The minimum Gasteiger partial charge on any atom is -0.380 e. The summed E-state index contributed by atoms with van der Waals surface area (Å²) in [6, 6.07) is 13.1. The number of ether oxygens (including phenoxy) is 1.